The van der Waals surface area contributed by atoms with E-state index in [4.69, 9.17) is 4.74 Å². The van der Waals surface area contributed by atoms with E-state index in [0.29, 0.717) is 13.0 Å². The Balaban J connectivity index is 0.995. The SMILES string of the molecule is CC1=C(c2cc(-c3ccccc3)c3ccccc3[n+]2COC(=O)c2ccc(F)c[n+]2C2Cc3ccc4ccccc4c3-c3cc(-c4ccccc4)c4c([n+]3C2)=C=C=CC=4)c2ccccc2CC1. The van der Waals surface area contributed by atoms with Gasteiger partial charge in [0.2, 0.25) is 35.7 Å². The smallest absolute Gasteiger partial charge is 0.397 e. The quantitative estimate of drug-likeness (QED) is 0.0909. The van der Waals surface area contributed by atoms with E-state index in [1.54, 1.807) is 10.6 Å². The number of rotatable bonds is 7. The van der Waals surface area contributed by atoms with Gasteiger partial charge in [-0.1, -0.05) is 145 Å². The number of benzene rings is 6. The van der Waals surface area contributed by atoms with Crippen LogP contribution >= 0.6 is 0 Å². The van der Waals surface area contributed by atoms with Crippen LogP contribution in [0.4, 0.5) is 4.39 Å². The Morgan fingerprint density at radius 3 is 2.25 bits per heavy atom. The molecule has 67 heavy (non-hydrogen) atoms. The van der Waals surface area contributed by atoms with Crippen LogP contribution in [0.2, 0.25) is 0 Å². The maximum Gasteiger partial charge on any atom is 0.408 e. The number of ether oxygens (including phenoxy) is 1. The molecule has 1 aliphatic heterocycles. The molecule has 0 fully saturated rings. The summed E-state index contributed by atoms with van der Waals surface area (Å²) in [6.45, 7) is 2.59. The molecule has 1 atom stereocenters. The number of halogens is 1. The molecule has 5 nitrogen and oxygen atoms in total. The number of carbonyl (C=O) groups excluding carboxylic acids is 1. The molecule has 0 bridgehead atoms. The van der Waals surface area contributed by atoms with Crippen molar-refractivity contribution in [3.63, 3.8) is 0 Å². The van der Waals surface area contributed by atoms with Crippen LogP contribution in [0.1, 0.15) is 52.3 Å². The van der Waals surface area contributed by atoms with Gasteiger partial charge in [-0.2, -0.15) is 13.7 Å². The van der Waals surface area contributed by atoms with E-state index in [2.05, 4.69) is 173 Å². The monoisotopic (exact) mass is 870 g/mol. The number of esters is 1. The molecule has 3 aromatic heterocycles. The first-order chi connectivity index (χ1) is 33.0. The van der Waals surface area contributed by atoms with Gasteiger partial charge in [0, 0.05) is 47.5 Å². The average molecular weight is 871 g/mol. The highest BCUT2D eigenvalue weighted by atomic mass is 19.1. The van der Waals surface area contributed by atoms with Crippen LogP contribution in [0.25, 0.3) is 72.6 Å². The summed E-state index contributed by atoms with van der Waals surface area (Å²) in [5.41, 5.74) is 21.5. The predicted octanol–water partition coefficient (Wildman–Crippen LogP) is 10.3. The number of fused-ring (bicyclic) bond motifs is 9. The van der Waals surface area contributed by atoms with Crippen molar-refractivity contribution in [2.75, 3.05) is 0 Å². The Bertz CT molecular complexity index is 3770. The van der Waals surface area contributed by atoms with Gasteiger partial charge < -0.3 is 4.74 Å². The molecule has 0 N–H and O–H groups in total. The Kier molecular flexibility index (Phi) is 9.99. The van der Waals surface area contributed by atoms with Gasteiger partial charge >= 0.3 is 5.97 Å². The van der Waals surface area contributed by atoms with Crippen LogP contribution in [0.3, 0.4) is 0 Å². The first-order valence-corrected chi connectivity index (χ1v) is 23.0. The van der Waals surface area contributed by atoms with Crippen molar-refractivity contribution in [3.8, 4) is 33.5 Å². The van der Waals surface area contributed by atoms with Crippen LogP contribution in [0.15, 0.2) is 193 Å². The number of nitrogens with zero attached hydrogens (tertiary/aromatic N) is 3. The second-order valence-corrected chi connectivity index (χ2v) is 17.7. The van der Waals surface area contributed by atoms with Crippen LogP contribution in [0, 0.1) is 5.82 Å². The van der Waals surface area contributed by atoms with Gasteiger partial charge in [-0.3, -0.25) is 0 Å². The number of aromatic nitrogens is 3. The first-order valence-electron chi connectivity index (χ1n) is 23.0. The van der Waals surface area contributed by atoms with E-state index in [-0.39, 0.29) is 18.5 Å². The molecule has 2 aliphatic carbocycles. The molecule has 4 heterocycles. The highest BCUT2D eigenvalue weighted by Crippen LogP contribution is 2.39. The summed E-state index contributed by atoms with van der Waals surface area (Å²) < 4.78 is 28.5. The molecule has 12 rings (SSSR count). The maximum absolute atomic E-state index is 15.8. The number of allylic oxidation sites excluding steroid dienone is 2. The van der Waals surface area contributed by atoms with Gasteiger partial charge in [0.1, 0.15) is 0 Å². The summed E-state index contributed by atoms with van der Waals surface area (Å²) in [7, 11) is 0. The Morgan fingerprint density at radius 2 is 1.42 bits per heavy atom. The molecule has 0 saturated carbocycles. The molecule has 6 heteroatoms. The zero-order valence-corrected chi connectivity index (χ0v) is 37.0. The van der Waals surface area contributed by atoms with Gasteiger partial charge in [-0.25, -0.2) is 9.18 Å². The molecule has 0 amide bonds. The summed E-state index contributed by atoms with van der Waals surface area (Å²) in [6.07, 6.45) is 7.88. The van der Waals surface area contributed by atoms with Gasteiger partial charge in [-0.15, -0.1) is 0 Å². The molecule has 9 aromatic rings. The molecule has 3 aliphatic rings. The number of aryl methyl sites for hydroxylation is 1. The van der Waals surface area contributed by atoms with Crippen molar-refractivity contribution in [2.24, 2.45) is 0 Å². The van der Waals surface area contributed by atoms with E-state index >= 15 is 4.39 Å². The van der Waals surface area contributed by atoms with E-state index in [0.717, 1.165) is 95.4 Å². The van der Waals surface area contributed by atoms with E-state index in [9.17, 15) is 4.79 Å². The molecule has 6 aromatic carbocycles. The second-order valence-electron chi connectivity index (χ2n) is 17.7. The summed E-state index contributed by atoms with van der Waals surface area (Å²) in [5.74, 6) is -0.978. The summed E-state index contributed by atoms with van der Waals surface area (Å²) in [5, 5.41) is 5.21. The van der Waals surface area contributed by atoms with Crippen molar-refractivity contribution in [1.29, 1.82) is 0 Å². The lowest BCUT2D eigenvalue weighted by atomic mass is 9.83. The van der Waals surface area contributed by atoms with Gasteiger partial charge in [0.05, 0.1) is 21.7 Å². The third-order valence-electron chi connectivity index (χ3n) is 13.9. The molecule has 0 spiro atoms. The fourth-order valence-corrected chi connectivity index (χ4v) is 10.7. The van der Waals surface area contributed by atoms with Crippen molar-refractivity contribution < 1.29 is 27.6 Å². The molecule has 1 unspecified atom stereocenters. The molecule has 320 valence electrons. The minimum absolute atomic E-state index is 0.0607. The Hall–Kier alpha value is -8.27. The highest BCUT2D eigenvalue weighted by molar-refractivity contribution is 5.98. The van der Waals surface area contributed by atoms with E-state index < -0.39 is 11.8 Å². The van der Waals surface area contributed by atoms with Gasteiger partial charge in [-0.05, 0) is 82.6 Å². The summed E-state index contributed by atoms with van der Waals surface area (Å²) in [4.78, 5) is 14.9. The normalized spacial score (nSPS) is 14.6. The van der Waals surface area contributed by atoms with E-state index in [1.807, 2.05) is 24.3 Å². The lowest BCUT2D eigenvalue weighted by molar-refractivity contribution is -0.799. The Labute approximate surface area is 388 Å². The van der Waals surface area contributed by atoms with Crippen LogP contribution in [0.5, 0.6) is 0 Å². The van der Waals surface area contributed by atoms with Gasteiger partial charge in [0.25, 0.3) is 17.8 Å². The third kappa shape index (κ3) is 7.03. The molecular formula is C61H45FN3O2+3. The largest absolute Gasteiger partial charge is 0.408 e. The lowest BCUT2D eigenvalue weighted by Gasteiger charge is -2.22. The fraction of sp³-hybridized carbons (Fsp3) is 0.115. The number of para-hydroxylation sites is 1. The first kappa shape index (κ1) is 40.3. The number of hydrogen-bond acceptors (Lipinski definition) is 2. The van der Waals surface area contributed by atoms with Crippen LogP contribution in [-0.4, -0.2) is 5.97 Å². The molecular weight excluding hydrogens is 826 g/mol. The Morgan fingerprint density at radius 1 is 0.701 bits per heavy atom. The van der Waals surface area contributed by atoms with Crippen molar-refractivity contribution in [3.05, 3.63) is 238 Å². The topological polar surface area (TPSA) is 37.9 Å². The average Bonchev–Trinajstić information content (AvgIpc) is 3.55. The molecule has 0 saturated heterocycles. The van der Waals surface area contributed by atoms with E-state index in [1.165, 1.54) is 29.0 Å². The fourth-order valence-electron chi connectivity index (χ4n) is 10.7. The van der Waals surface area contributed by atoms with Crippen molar-refractivity contribution >= 4 is 45.0 Å². The van der Waals surface area contributed by atoms with Crippen LogP contribution < -0.4 is 24.3 Å². The number of hydrogen-bond donors (Lipinski definition) is 0. The summed E-state index contributed by atoms with van der Waals surface area (Å²) in [6, 6.07) is 57.7. The predicted molar refractivity (Wildman–Crippen MR) is 261 cm³/mol. The third-order valence-corrected chi connectivity index (χ3v) is 13.9. The highest BCUT2D eigenvalue weighted by Gasteiger charge is 2.39. The molecule has 0 radical (unpaired) electrons. The minimum Gasteiger partial charge on any atom is -0.397 e. The number of pyridine rings is 3. The lowest BCUT2D eigenvalue weighted by Crippen LogP contribution is -2.62. The maximum atomic E-state index is 15.8. The zero-order chi connectivity index (χ0) is 45.0. The van der Waals surface area contributed by atoms with Gasteiger partial charge in [0.15, 0.2) is 5.82 Å². The van der Waals surface area contributed by atoms with Crippen molar-refractivity contribution in [2.45, 2.75) is 45.5 Å². The number of carbonyl (C=O) groups is 1. The minimum atomic E-state index is -0.540. The standard InChI is InChI=1S/C61H45FN3O2/c1-40-28-29-43-20-8-10-22-48(43)59(40)57-35-52(41-16-4-2-5-17-41)51-25-13-15-27-55(51)65(57)39-67-61(66)56-33-32-46(62)37-63(56)47-34-45-31-30-44-21-9-11-23-49(44)60(45)58-36-53(42-18-6-3-7-19-42)50-24-12-14-26-54(50)64(58)38-47/h2-13,15-25,27,30-33,35-37,47H,28-29,34,38-39H2,1H3/q+3. The zero-order valence-electron chi connectivity index (χ0n) is 37.0. The summed E-state index contributed by atoms with van der Waals surface area (Å²) >= 11 is 0. The second kappa shape index (κ2) is 16.6. The van der Waals surface area contributed by atoms with Crippen LogP contribution in [-0.2, 0) is 30.9 Å². The van der Waals surface area contributed by atoms with Crippen molar-refractivity contribution in [1.82, 2.24) is 0 Å².